The maximum absolute atomic E-state index is 2.37. The molecule has 0 fully saturated rings. The SMILES string of the molecule is CCCC(C)(Sc1ccc(C(C)(C)C)cc1)c1ccccc1. The minimum atomic E-state index is 0.138. The van der Waals surface area contributed by atoms with E-state index in [1.807, 2.05) is 11.8 Å². The molecule has 0 N–H and O–H groups in total. The molecule has 0 aromatic heterocycles. The summed E-state index contributed by atoms with van der Waals surface area (Å²) < 4.78 is 0.138. The van der Waals surface area contributed by atoms with Crippen LogP contribution in [0.15, 0.2) is 59.5 Å². The number of hydrogen-bond acceptors (Lipinski definition) is 1. The average molecular weight is 313 g/mol. The van der Waals surface area contributed by atoms with Crippen LogP contribution in [0.25, 0.3) is 0 Å². The normalized spacial score (nSPS) is 14.6. The first-order chi connectivity index (χ1) is 10.3. The summed E-state index contributed by atoms with van der Waals surface area (Å²) in [5, 5.41) is 0. The van der Waals surface area contributed by atoms with Gasteiger partial charge in [-0.2, -0.15) is 0 Å². The van der Waals surface area contributed by atoms with Crippen molar-refractivity contribution in [3.63, 3.8) is 0 Å². The zero-order chi connectivity index (χ0) is 16.2. The summed E-state index contributed by atoms with van der Waals surface area (Å²) in [5.74, 6) is 0. The van der Waals surface area contributed by atoms with Crippen LogP contribution in [0.3, 0.4) is 0 Å². The van der Waals surface area contributed by atoms with E-state index >= 15 is 0 Å². The Morgan fingerprint density at radius 2 is 1.36 bits per heavy atom. The molecule has 118 valence electrons. The van der Waals surface area contributed by atoms with Crippen molar-refractivity contribution in [2.75, 3.05) is 0 Å². The second-order valence-corrected chi connectivity index (χ2v) is 8.80. The summed E-state index contributed by atoms with van der Waals surface area (Å²) in [5.41, 5.74) is 3.03. The Balaban J connectivity index is 2.25. The maximum Gasteiger partial charge on any atom is 0.0427 e. The third kappa shape index (κ3) is 4.16. The van der Waals surface area contributed by atoms with Gasteiger partial charge in [-0.25, -0.2) is 0 Å². The minimum absolute atomic E-state index is 0.138. The first kappa shape index (κ1) is 17.1. The predicted molar refractivity (Wildman–Crippen MR) is 99.7 cm³/mol. The van der Waals surface area contributed by atoms with E-state index in [4.69, 9.17) is 0 Å². The minimum Gasteiger partial charge on any atom is -0.115 e. The van der Waals surface area contributed by atoms with E-state index in [9.17, 15) is 0 Å². The van der Waals surface area contributed by atoms with Gasteiger partial charge in [-0.1, -0.05) is 76.6 Å². The molecule has 22 heavy (non-hydrogen) atoms. The lowest BCUT2D eigenvalue weighted by atomic mass is 9.87. The molecule has 0 radical (unpaired) electrons. The highest BCUT2D eigenvalue weighted by molar-refractivity contribution is 8.00. The van der Waals surface area contributed by atoms with Gasteiger partial charge in [-0.05, 0) is 42.0 Å². The Morgan fingerprint density at radius 3 is 1.86 bits per heavy atom. The lowest BCUT2D eigenvalue weighted by Crippen LogP contribution is -2.17. The third-order valence-electron chi connectivity index (χ3n) is 4.17. The molecule has 2 aromatic carbocycles. The van der Waals surface area contributed by atoms with Crippen molar-refractivity contribution in [2.45, 2.75) is 62.5 Å². The molecule has 0 heterocycles. The Hall–Kier alpha value is -1.21. The number of thioether (sulfide) groups is 1. The summed E-state index contributed by atoms with van der Waals surface area (Å²) in [6.07, 6.45) is 2.38. The molecule has 0 nitrogen and oxygen atoms in total. The Labute approximate surface area is 140 Å². The quantitative estimate of drug-likeness (QED) is 0.547. The molecule has 0 bridgehead atoms. The van der Waals surface area contributed by atoms with Gasteiger partial charge in [0, 0.05) is 9.64 Å². The van der Waals surface area contributed by atoms with Crippen molar-refractivity contribution in [1.29, 1.82) is 0 Å². The summed E-state index contributed by atoms with van der Waals surface area (Å²) in [4.78, 5) is 1.35. The number of benzene rings is 2. The molecule has 0 saturated heterocycles. The van der Waals surface area contributed by atoms with Crippen LogP contribution in [0.4, 0.5) is 0 Å². The van der Waals surface area contributed by atoms with Gasteiger partial charge in [0.05, 0.1) is 0 Å². The first-order valence-electron chi connectivity index (χ1n) is 8.20. The van der Waals surface area contributed by atoms with Crippen molar-refractivity contribution < 1.29 is 0 Å². The summed E-state index contributed by atoms with van der Waals surface area (Å²) >= 11 is 1.99. The molecule has 0 aliphatic heterocycles. The van der Waals surface area contributed by atoms with Gasteiger partial charge in [0.1, 0.15) is 0 Å². The van der Waals surface area contributed by atoms with Gasteiger partial charge >= 0.3 is 0 Å². The maximum atomic E-state index is 2.37. The molecule has 1 atom stereocenters. The highest BCUT2D eigenvalue weighted by Crippen LogP contribution is 2.44. The van der Waals surface area contributed by atoms with E-state index in [0.29, 0.717) is 0 Å². The van der Waals surface area contributed by atoms with E-state index in [1.165, 1.54) is 28.9 Å². The van der Waals surface area contributed by atoms with E-state index in [0.717, 1.165) is 0 Å². The van der Waals surface area contributed by atoms with Crippen molar-refractivity contribution in [3.05, 3.63) is 65.7 Å². The largest absolute Gasteiger partial charge is 0.115 e. The van der Waals surface area contributed by atoms with Gasteiger partial charge in [0.15, 0.2) is 0 Å². The van der Waals surface area contributed by atoms with Gasteiger partial charge < -0.3 is 0 Å². The highest BCUT2D eigenvalue weighted by Gasteiger charge is 2.27. The Kier molecular flexibility index (Phi) is 5.39. The molecule has 0 spiro atoms. The number of rotatable bonds is 5. The zero-order valence-corrected chi connectivity index (χ0v) is 15.3. The molecule has 0 saturated carbocycles. The summed E-state index contributed by atoms with van der Waals surface area (Å²) in [6.45, 7) is 11.4. The first-order valence-corrected chi connectivity index (χ1v) is 9.02. The van der Waals surface area contributed by atoms with E-state index in [-0.39, 0.29) is 10.2 Å². The molecule has 0 amide bonds. The van der Waals surface area contributed by atoms with E-state index in [2.05, 4.69) is 89.2 Å². The van der Waals surface area contributed by atoms with Crippen LogP contribution in [0.5, 0.6) is 0 Å². The molecule has 2 aromatic rings. The second kappa shape index (κ2) is 6.91. The number of hydrogen-bond donors (Lipinski definition) is 0. The van der Waals surface area contributed by atoms with Crippen LogP contribution < -0.4 is 0 Å². The molecule has 0 aliphatic carbocycles. The molecular formula is C21H28S. The highest BCUT2D eigenvalue weighted by atomic mass is 32.2. The van der Waals surface area contributed by atoms with Crippen molar-refractivity contribution >= 4 is 11.8 Å². The fourth-order valence-corrected chi connectivity index (χ4v) is 4.16. The fourth-order valence-electron chi connectivity index (χ4n) is 2.81. The average Bonchev–Trinajstić information content (AvgIpc) is 2.48. The van der Waals surface area contributed by atoms with Gasteiger partial charge in [0.2, 0.25) is 0 Å². The van der Waals surface area contributed by atoms with Crippen LogP contribution in [0, 0.1) is 0 Å². The Morgan fingerprint density at radius 1 is 0.773 bits per heavy atom. The van der Waals surface area contributed by atoms with Gasteiger partial charge in [-0.3, -0.25) is 0 Å². The van der Waals surface area contributed by atoms with Crippen LogP contribution in [0.1, 0.15) is 58.6 Å². The topological polar surface area (TPSA) is 0 Å². The summed E-state index contributed by atoms with van der Waals surface area (Å²) in [7, 11) is 0. The van der Waals surface area contributed by atoms with Crippen LogP contribution >= 0.6 is 11.8 Å². The second-order valence-electron chi connectivity index (χ2n) is 7.22. The van der Waals surface area contributed by atoms with Gasteiger partial charge in [0.25, 0.3) is 0 Å². The zero-order valence-electron chi connectivity index (χ0n) is 14.5. The van der Waals surface area contributed by atoms with Crippen LogP contribution in [-0.4, -0.2) is 0 Å². The molecule has 1 heteroatoms. The van der Waals surface area contributed by atoms with E-state index in [1.54, 1.807) is 0 Å². The summed E-state index contributed by atoms with van der Waals surface area (Å²) in [6, 6.07) is 20.0. The molecular weight excluding hydrogens is 284 g/mol. The van der Waals surface area contributed by atoms with Crippen LogP contribution in [-0.2, 0) is 10.2 Å². The monoisotopic (exact) mass is 312 g/mol. The lowest BCUT2D eigenvalue weighted by molar-refractivity contribution is 0.589. The fraction of sp³-hybridized carbons (Fsp3) is 0.429. The molecule has 1 unspecified atom stereocenters. The van der Waals surface area contributed by atoms with Crippen molar-refractivity contribution in [3.8, 4) is 0 Å². The molecule has 0 aliphatic rings. The third-order valence-corrected chi connectivity index (χ3v) is 5.57. The molecule has 2 rings (SSSR count). The van der Waals surface area contributed by atoms with Crippen molar-refractivity contribution in [1.82, 2.24) is 0 Å². The van der Waals surface area contributed by atoms with Crippen LogP contribution in [0.2, 0.25) is 0 Å². The predicted octanol–water partition coefficient (Wildman–Crippen LogP) is 6.79. The lowest BCUT2D eigenvalue weighted by Gasteiger charge is -2.30. The smallest absolute Gasteiger partial charge is 0.0427 e. The van der Waals surface area contributed by atoms with Crippen molar-refractivity contribution in [2.24, 2.45) is 0 Å². The Bertz CT molecular complexity index is 578. The van der Waals surface area contributed by atoms with E-state index < -0.39 is 0 Å². The standard InChI is InChI=1S/C21H28S/c1-6-16-21(5,18-10-8-7-9-11-18)22-19-14-12-17(13-15-19)20(2,3)4/h7-15H,6,16H2,1-5H3. The van der Waals surface area contributed by atoms with Gasteiger partial charge in [-0.15, -0.1) is 11.8 Å².